The predicted molar refractivity (Wildman–Crippen MR) is 60.1 cm³/mol. The molecule has 0 unspecified atom stereocenters. The number of carbonyl (C=O) groups is 1. The van der Waals surface area contributed by atoms with E-state index in [4.69, 9.17) is 15.6 Å². The maximum Gasteiger partial charge on any atom is 0.410 e. The molecule has 6 heteroatoms. The second-order valence-electron chi connectivity index (χ2n) is 4.57. The van der Waals surface area contributed by atoms with Gasteiger partial charge in [-0.1, -0.05) is 0 Å². The standard InChI is InChI=1S/C10H21N3O3/c1-10(2,7-11)16-9(15)13-4-3-12-5-8(13)6-14/h8,12,14H,3-7,11H2,1-2H3/t8-/m1/s1. The van der Waals surface area contributed by atoms with Crippen LogP contribution in [0.1, 0.15) is 13.8 Å². The van der Waals surface area contributed by atoms with E-state index >= 15 is 0 Å². The van der Waals surface area contributed by atoms with Crippen LogP contribution in [0.15, 0.2) is 0 Å². The molecule has 1 atom stereocenters. The van der Waals surface area contributed by atoms with E-state index in [2.05, 4.69) is 5.32 Å². The van der Waals surface area contributed by atoms with Gasteiger partial charge in [0.1, 0.15) is 5.60 Å². The Balaban J connectivity index is 2.57. The zero-order valence-corrected chi connectivity index (χ0v) is 9.90. The van der Waals surface area contributed by atoms with Crippen LogP contribution in [0.2, 0.25) is 0 Å². The molecule has 1 amide bonds. The number of amides is 1. The van der Waals surface area contributed by atoms with Crippen molar-refractivity contribution in [1.29, 1.82) is 0 Å². The van der Waals surface area contributed by atoms with Gasteiger partial charge >= 0.3 is 6.09 Å². The highest BCUT2D eigenvalue weighted by molar-refractivity contribution is 5.68. The van der Waals surface area contributed by atoms with Gasteiger partial charge in [-0.15, -0.1) is 0 Å². The van der Waals surface area contributed by atoms with Crippen LogP contribution in [0.25, 0.3) is 0 Å². The second-order valence-corrected chi connectivity index (χ2v) is 4.57. The molecule has 1 aliphatic rings. The molecule has 1 aliphatic heterocycles. The number of carbonyl (C=O) groups excluding carboxylic acids is 1. The van der Waals surface area contributed by atoms with Gasteiger partial charge in [0.05, 0.1) is 12.6 Å². The van der Waals surface area contributed by atoms with E-state index in [1.54, 1.807) is 18.7 Å². The molecule has 0 aromatic carbocycles. The quantitative estimate of drug-likeness (QED) is 0.587. The summed E-state index contributed by atoms with van der Waals surface area (Å²) >= 11 is 0. The van der Waals surface area contributed by atoms with Crippen LogP contribution in [0, 0.1) is 0 Å². The molecule has 0 radical (unpaired) electrons. The van der Waals surface area contributed by atoms with Gasteiger partial charge in [0.2, 0.25) is 0 Å². The van der Waals surface area contributed by atoms with Crippen LogP contribution in [-0.2, 0) is 4.74 Å². The zero-order chi connectivity index (χ0) is 12.2. The van der Waals surface area contributed by atoms with E-state index in [0.29, 0.717) is 19.6 Å². The SMILES string of the molecule is CC(C)(CN)OC(=O)N1CCNC[C@@H]1CO. The molecule has 0 spiro atoms. The summed E-state index contributed by atoms with van der Waals surface area (Å²) in [6.07, 6.45) is -0.406. The highest BCUT2D eigenvalue weighted by atomic mass is 16.6. The smallest absolute Gasteiger partial charge is 0.410 e. The molecule has 16 heavy (non-hydrogen) atoms. The molecular weight excluding hydrogens is 210 g/mol. The Morgan fingerprint density at radius 3 is 2.94 bits per heavy atom. The first-order valence-corrected chi connectivity index (χ1v) is 5.51. The monoisotopic (exact) mass is 231 g/mol. The van der Waals surface area contributed by atoms with Crippen molar-refractivity contribution in [3.63, 3.8) is 0 Å². The van der Waals surface area contributed by atoms with Gasteiger partial charge in [-0.3, -0.25) is 0 Å². The highest BCUT2D eigenvalue weighted by Crippen LogP contribution is 2.12. The number of ether oxygens (including phenoxy) is 1. The molecule has 4 N–H and O–H groups in total. The van der Waals surface area contributed by atoms with Crippen LogP contribution in [0.4, 0.5) is 4.79 Å². The first-order chi connectivity index (χ1) is 7.50. The number of piperazine rings is 1. The average molecular weight is 231 g/mol. The Morgan fingerprint density at radius 1 is 1.69 bits per heavy atom. The summed E-state index contributed by atoms with van der Waals surface area (Å²) in [5.41, 5.74) is 4.83. The fourth-order valence-corrected chi connectivity index (χ4v) is 1.50. The number of hydrogen-bond acceptors (Lipinski definition) is 5. The summed E-state index contributed by atoms with van der Waals surface area (Å²) in [6, 6.07) is -0.213. The van der Waals surface area contributed by atoms with Crippen molar-refractivity contribution in [2.45, 2.75) is 25.5 Å². The van der Waals surface area contributed by atoms with Crippen molar-refractivity contribution in [2.75, 3.05) is 32.8 Å². The van der Waals surface area contributed by atoms with Crippen LogP contribution >= 0.6 is 0 Å². The topological polar surface area (TPSA) is 87.8 Å². The summed E-state index contributed by atoms with van der Waals surface area (Å²) in [6.45, 7) is 5.59. The molecule has 1 rings (SSSR count). The minimum atomic E-state index is -0.665. The molecule has 1 saturated heterocycles. The Bertz CT molecular complexity index is 245. The largest absolute Gasteiger partial charge is 0.442 e. The molecule has 0 aliphatic carbocycles. The second kappa shape index (κ2) is 5.47. The number of aliphatic hydroxyl groups excluding tert-OH is 1. The minimum absolute atomic E-state index is 0.0643. The lowest BCUT2D eigenvalue weighted by Gasteiger charge is -2.36. The Hall–Kier alpha value is -0.850. The van der Waals surface area contributed by atoms with E-state index in [0.717, 1.165) is 0 Å². The molecule has 0 aromatic rings. The number of nitrogens with two attached hydrogens (primary N) is 1. The summed E-state index contributed by atoms with van der Waals surface area (Å²) in [5.74, 6) is 0. The normalized spacial score (nSPS) is 22.0. The number of nitrogens with zero attached hydrogens (tertiary/aromatic N) is 1. The molecule has 0 saturated carbocycles. The van der Waals surface area contributed by atoms with E-state index < -0.39 is 11.7 Å². The molecule has 0 aromatic heterocycles. The predicted octanol–water partition coefficient (Wildman–Crippen LogP) is -0.874. The maximum absolute atomic E-state index is 11.9. The lowest BCUT2D eigenvalue weighted by molar-refractivity contribution is 0.0000504. The number of nitrogens with one attached hydrogen (secondary N) is 1. The Kier molecular flexibility index (Phi) is 4.52. The number of aliphatic hydroxyl groups is 1. The van der Waals surface area contributed by atoms with Crippen LogP contribution < -0.4 is 11.1 Å². The van der Waals surface area contributed by atoms with Gasteiger partial charge in [-0.2, -0.15) is 0 Å². The average Bonchev–Trinajstić information content (AvgIpc) is 2.28. The van der Waals surface area contributed by atoms with Gasteiger partial charge in [0.15, 0.2) is 0 Å². The molecular formula is C10H21N3O3. The summed E-state index contributed by atoms with van der Waals surface area (Å²) in [7, 11) is 0. The zero-order valence-electron chi connectivity index (χ0n) is 9.90. The fraction of sp³-hybridized carbons (Fsp3) is 0.900. The lowest BCUT2D eigenvalue weighted by Crippen LogP contribution is -2.56. The van der Waals surface area contributed by atoms with Crippen LogP contribution in [-0.4, -0.2) is 60.5 Å². The third-order valence-corrected chi connectivity index (χ3v) is 2.65. The van der Waals surface area contributed by atoms with Crippen LogP contribution in [0.5, 0.6) is 0 Å². The summed E-state index contributed by atoms with van der Waals surface area (Å²) < 4.78 is 5.28. The summed E-state index contributed by atoms with van der Waals surface area (Å²) in [4.78, 5) is 13.4. The van der Waals surface area contributed by atoms with Gasteiger partial charge in [0.25, 0.3) is 0 Å². The first-order valence-electron chi connectivity index (χ1n) is 5.51. The number of hydrogen-bond donors (Lipinski definition) is 3. The molecule has 1 heterocycles. The van der Waals surface area contributed by atoms with Gasteiger partial charge in [-0.25, -0.2) is 4.79 Å². The molecule has 0 bridgehead atoms. The van der Waals surface area contributed by atoms with Crippen LogP contribution in [0.3, 0.4) is 0 Å². The van der Waals surface area contributed by atoms with Gasteiger partial charge in [-0.05, 0) is 13.8 Å². The first kappa shape index (κ1) is 13.2. The third kappa shape index (κ3) is 3.33. The molecule has 94 valence electrons. The molecule has 1 fully saturated rings. The van der Waals surface area contributed by atoms with Crippen molar-refractivity contribution in [2.24, 2.45) is 5.73 Å². The van der Waals surface area contributed by atoms with E-state index in [1.165, 1.54) is 0 Å². The highest BCUT2D eigenvalue weighted by Gasteiger charge is 2.30. The van der Waals surface area contributed by atoms with Gasteiger partial charge in [0, 0.05) is 26.2 Å². The van der Waals surface area contributed by atoms with Crippen molar-refractivity contribution in [3.8, 4) is 0 Å². The summed E-state index contributed by atoms with van der Waals surface area (Å²) in [5, 5.41) is 12.3. The van der Waals surface area contributed by atoms with Crippen molar-refractivity contribution in [3.05, 3.63) is 0 Å². The van der Waals surface area contributed by atoms with E-state index in [1.807, 2.05) is 0 Å². The van der Waals surface area contributed by atoms with Gasteiger partial charge < -0.3 is 25.8 Å². The fourth-order valence-electron chi connectivity index (χ4n) is 1.50. The molecule has 6 nitrogen and oxygen atoms in total. The lowest BCUT2D eigenvalue weighted by atomic mass is 10.1. The van der Waals surface area contributed by atoms with E-state index in [-0.39, 0.29) is 19.2 Å². The van der Waals surface area contributed by atoms with Crippen molar-refractivity contribution < 1.29 is 14.6 Å². The van der Waals surface area contributed by atoms with Crippen molar-refractivity contribution in [1.82, 2.24) is 10.2 Å². The third-order valence-electron chi connectivity index (χ3n) is 2.65. The Labute approximate surface area is 95.7 Å². The van der Waals surface area contributed by atoms with E-state index in [9.17, 15) is 4.79 Å². The Morgan fingerprint density at radius 2 is 2.38 bits per heavy atom. The number of rotatable bonds is 3. The van der Waals surface area contributed by atoms with Crippen molar-refractivity contribution >= 4 is 6.09 Å². The minimum Gasteiger partial charge on any atom is -0.442 e. The maximum atomic E-state index is 11.9.